The Bertz CT molecular complexity index is 330. The van der Waals surface area contributed by atoms with Crippen LogP contribution >= 0.6 is 0 Å². The van der Waals surface area contributed by atoms with Crippen molar-refractivity contribution in [3.05, 3.63) is 0 Å². The summed E-state index contributed by atoms with van der Waals surface area (Å²) < 4.78 is 6.19. The first-order valence-corrected chi connectivity index (χ1v) is 8.65. The van der Waals surface area contributed by atoms with Gasteiger partial charge in [-0.2, -0.15) is 0 Å². The Labute approximate surface area is 124 Å². The monoisotopic (exact) mass is 280 g/mol. The smallest absolute Gasteiger partial charge is 0.0685 e. The fraction of sp³-hybridized carbons (Fsp3) is 1.00. The van der Waals surface area contributed by atoms with E-state index in [2.05, 4.69) is 19.0 Å². The molecule has 1 heterocycles. The van der Waals surface area contributed by atoms with Crippen LogP contribution in [0.2, 0.25) is 0 Å². The molecule has 20 heavy (non-hydrogen) atoms. The van der Waals surface area contributed by atoms with Gasteiger partial charge in [-0.25, -0.2) is 0 Å². The van der Waals surface area contributed by atoms with Crippen LogP contribution in [0, 0.1) is 5.92 Å². The zero-order valence-electron chi connectivity index (χ0n) is 13.4. The van der Waals surface area contributed by atoms with Crippen molar-refractivity contribution in [1.82, 2.24) is 4.90 Å². The number of nitrogens with zero attached hydrogens (tertiary/aromatic N) is 1. The highest BCUT2D eigenvalue weighted by molar-refractivity contribution is 5.05. The van der Waals surface area contributed by atoms with Crippen molar-refractivity contribution < 1.29 is 4.74 Å². The molecule has 1 spiro atoms. The van der Waals surface area contributed by atoms with E-state index < -0.39 is 0 Å². The first kappa shape index (κ1) is 14.8. The molecule has 3 fully saturated rings. The molecule has 0 aromatic rings. The topological polar surface area (TPSA) is 38.5 Å². The van der Waals surface area contributed by atoms with Gasteiger partial charge in [-0.1, -0.05) is 25.7 Å². The summed E-state index contributed by atoms with van der Waals surface area (Å²) in [6.07, 6.45) is 12.9. The number of nitrogens with two attached hydrogens (primary N) is 1. The van der Waals surface area contributed by atoms with E-state index in [0.29, 0.717) is 12.0 Å². The van der Waals surface area contributed by atoms with E-state index in [9.17, 15) is 0 Å². The summed E-state index contributed by atoms with van der Waals surface area (Å²) in [7, 11) is 4.46. The Morgan fingerprint density at radius 2 is 1.65 bits per heavy atom. The molecule has 2 N–H and O–H groups in total. The van der Waals surface area contributed by atoms with Gasteiger partial charge in [0.2, 0.25) is 0 Å². The lowest BCUT2D eigenvalue weighted by atomic mass is 9.72. The lowest BCUT2D eigenvalue weighted by Crippen LogP contribution is -2.60. The molecule has 3 aliphatic rings. The fourth-order valence-electron chi connectivity index (χ4n) is 5.24. The largest absolute Gasteiger partial charge is 0.375 e. The van der Waals surface area contributed by atoms with Gasteiger partial charge in [0.1, 0.15) is 0 Å². The highest BCUT2D eigenvalue weighted by atomic mass is 16.5. The van der Waals surface area contributed by atoms with Crippen LogP contribution < -0.4 is 5.73 Å². The lowest BCUT2D eigenvalue weighted by molar-refractivity contribution is -0.104. The average Bonchev–Trinajstić information content (AvgIpc) is 3.08. The molecule has 0 aromatic carbocycles. The summed E-state index contributed by atoms with van der Waals surface area (Å²) in [4.78, 5) is 2.43. The van der Waals surface area contributed by atoms with Gasteiger partial charge in [-0.15, -0.1) is 0 Å². The van der Waals surface area contributed by atoms with Gasteiger partial charge < -0.3 is 15.4 Å². The third kappa shape index (κ3) is 2.42. The van der Waals surface area contributed by atoms with Crippen LogP contribution in [0.15, 0.2) is 0 Å². The maximum Gasteiger partial charge on any atom is 0.0685 e. The molecule has 0 aromatic heterocycles. The van der Waals surface area contributed by atoms with E-state index in [1.54, 1.807) is 0 Å². The van der Waals surface area contributed by atoms with Gasteiger partial charge in [0.15, 0.2) is 0 Å². The Morgan fingerprint density at radius 3 is 2.25 bits per heavy atom. The molecule has 0 radical (unpaired) electrons. The normalized spacial score (nSPS) is 33.9. The summed E-state index contributed by atoms with van der Waals surface area (Å²) in [5.74, 6) is 0.655. The van der Waals surface area contributed by atoms with E-state index in [1.165, 1.54) is 64.2 Å². The molecule has 3 rings (SSSR count). The first-order chi connectivity index (χ1) is 9.58. The third-order valence-electron chi connectivity index (χ3n) is 6.53. The van der Waals surface area contributed by atoms with Crippen LogP contribution in [0.5, 0.6) is 0 Å². The summed E-state index contributed by atoms with van der Waals surface area (Å²) >= 11 is 0. The van der Waals surface area contributed by atoms with Crippen molar-refractivity contribution in [3.8, 4) is 0 Å². The van der Waals surface area contributed by atoms with E-state index in [0.717, 1.165) is 6.61 Å². The van der Waals surface area contributed by atoms with Gasteiger partial charge in [0.25, 0.3) is 0 Å². The lowest BCUT2D eigenvalue weighted by Gasteiger charge is -2.48. The van der Waals surface area contributed by atoms with E-state index in [-0.39, 0.29) is 11.1 Å². The summed E-state index contributed by atoms with van der Waals surface area (Å²) in [5, 5.41) is 0. The summed E-state index contributed by atoms with van der Waals surface area (Å²) in [6.45, 7) is 0.932. The molecule has 2 unspecified atom stereocenters. The fourth-order valence-corrected chi connectivity index (χ4v) is 5.24. The molecule has 1 saturated heterocycles. The summed E-state index contributed by atoms with van der Waals surface area (Å²) in [6, 6.07) is 0.321. The Kier molecular flexibility index (Phi) is 4.13. The van der Waals surface area contributed by atoms with Crippen LogP contribution in [0.4, 0.5) is 0 Å². The molecule has 3 heteroatoms. The Morgan fingerprint density at radius 1 is 1.05 bits per heavy atom. The van der Waals surface area contributed by atoms with Gasteiger partial charge in [0.05, 0.1) is 5.60 Å². The molecule has 3 nitrogen and oxygen atoms in total. The first-order valence-electron chi connectivity index (χ1n) is 8.65. The SMILES string of the molecule is CN(C)C1(C(N)C2CCOC3(CCCC3)C2)CCCC1. The maximum atomic E-state index is 6.84. The minimum Gasteiger partial charge on any atom is -0.375 e. The predicted octanol–water partition coefficient (Wildman–Crippen LogP) is 2.93. The highest BCUT2D eigenvalue weighted by Crippen LogP contribution is 2.46. The third-order valence-corrected chi connectivity index (χ3v) is 6.53. The second-order valence-corrected chi connectivity index (χ2v) is 7.72. The van der Waals surface area contributed by atoms with E-state index in [1.807, 2.05) is 0 Å². The van der Waals surface area contributed by atoms with Crippen LogP contribution in [0.3, 0.4) is 0 Å². The van der Waals surface area contributed by atoms with Crippen LogP contribution in [0.1, 0.15) is 64.2 Å². The maximum absolute atomic E-state index is 6.84. The van der Waals surface area contributed by atoms with Crippen molar-refractivity contribution >= 4 is 0 Å². The molecule has 116 valence electrons. The number of hydrogen-bond donors (Lipinski definition) is 1. The molecular formula is C17H32N2O. The minimum atomic E-state index is 0.201. The zero-order chi connectivity index (χ0) is 14.2. The van der Waals surface area contributed by atoms with Crippen molar-refractivity contribution in [3.63, 3.8) is 0 Å². The predicted molar refractivity (Wildman–Crippen MR) is 82.7 cm³/mol. The molecule has 2 atom stereocenters. The second-order valence-electron chi connectivity index (χ2n) is 7.72. The molecule has 0 bridgehead atoms. The van der Waals surface area contributed by atoms with Gasteiger partial charge in [0, 0.05) is 18.2 Å². The van der Waals surface area contributed by atoms with Crippen LogP contribution in [-0.2, 0) is 4.74 Å². The van der Waals surface area contributed by atoms with Crippen LogP contribution in [-0.4, -0.2) is 42.8 Å². The molecule has 2 saturated carbocycles. The number of likely N-dealkylation sites (N-methyl/N-ethyl adjacent to an activating group) is 1. The number of ether oxygens (including phenoxy) is 1. The quantitative estimate of drug-likeness (QED) is 0.864. The summed E-state index contributed by atoms with van der Waals surface area (Å²) in [5.41, 5.74) is 7.30. The van der Waals surface area contributed by atoms with Crippen molar-refractivity contribution in [2.24, 2.45) is 11.7 Å². The van der Waals surface area contributed by atoms with Gasteiger partial charge >= 0.3 is 0 Å². The Hall–Kier alpha value is -0.120. The standard InChI is InChI=1S/C17H32N2O/c1-19(2)17(10-5-6-11-17)15(18)14-7-12-20-16(13-14)8-3-4-9-16/h14-15H,3-13,18H2,1-2H3. The molecule has 0 amide bonds. The van der Waals surface area contributed by atoms with Crippen molar-refractivity contribution in [2.45, 2.75) is 81.4 Å². The van der Waals surface area contributed by atoms with E-state index in [4.69, 9.17) is 10.5 Å². The minimum absolute atomic E-state index is 0.201. The average molecular weight is 280 g/mol. The second kappa shape index (κ2) is 5.58. The Balaban J connectivity index is 1.74. The van der Waals surface area contributed by atoms with Crippen LogP contribution in [0.25, 0.3) is 0 Å². The zero-order valence-corrected chi connectivity index (χ0v) is 13.4. The molecular weight excluding hydrogens is 248 g/mol. The van der Waals surface area contributed by atoms with Gasteiger partial charge in [-0.05, 0) is 58.5 Å². The number of hydrogen-bond acceptors (Lipinski definition) is 3. The molecule has 2 aliphatic carbocycles. The number of rotatable bonds is 3. The highest BCUT2D eigenvalue weighted by Gasteiger charge is 2.48. The van der Waals surface area contributed by atoms with E-state index >= 15 is 0 Å². The van der Waals surface area contributed by atoms with Crippen molar-refractivity contribution in [2.75, 3.05) is 20.7 Å². The van der Waals surface area contributed by atoms with Crippen molar-refractivity contribution in [1.29, 1.82) is 0 Å². The molecule has 1 aliphatic heterocycles. The van der Waals surface area contributed by atoms with Gasteiger partial charge in [-0.3, -0.25) is 0 Å².